The number of carbonyl (C=O) groups is 2. The summed E-state index contributed by atoms with van der Waals surface area (Å²) in [6.07, 6.45) is 6.21. The molecule has 0 radical (unpaired) electrons. The van der Waals surface area contributed by atoms with Crippen molar-refractivity contribution < 1.29 is 19.8 Å². The number of hydrogen-bond donors (Lipinski definition) is 2. The van der Waals surface area contributed by atoms with Gasteiger partial charge in [0, 0.05) is 6.08 Å². The van der Waals surface area contributed by atoms with E-state index in [1.165, 1.54) is 6.92 Å². The van der Waals surface area contributed by atoms with E-state index in [4.69, 9.17) is 10.2 Å². The summed E-state index contributed by atoms with van der Waals surface area (Å²) >= 11 is 0. The summed E-state index contributed by atoms with van der Waals surface area (Å²) < 4.78 is 0. The van der Waals surface area contributed by atoms with Crippen LogP contribution in [0.15, 0.2) is 23.3 Å². The Kier molecular flexibility index (Phi) is 6.92. The molecule has 0 saturated carbocycles. The van der Waals surface area contributed by atoms with Gasteiger partial charge in [-0.3, -0.25) is 0 Å². The molecule has 0 aliphatic carbocycles. The summed E-state index contributed by atoms with van der Waals surface area (Å²) in [5.41, 5.74) is 0.356. The minimum absolute atomic E-state index is 0.0819. The molecule has 0 bridgehead atoms. The lowest BCUT2D eigenvalue weighted by atomic mass is 10.0. The lowest BCUT2D eigenvalue weighted by Gasteiger charge is -2.02. The predicted molar refractivity (Wildman–Crippen MR) is 61.3 cm³/mol. The molecule has 0 fully saturated rings. The Bertz CT molecular complexity index is 313. The Morgan fingerprint density at radius 1 is 1.19 bits per heavy atom. The van der Waals surface area contributed by atoms with Crippen LogP contribution in [0.3, 0.4) is 0 Å². The molecule has 0 aromatic rings. The molecule has 0 rings (SSSR count). The molecule has 16 heavy (non-hydrogen) atoms. The van der Waals surface area contributed by atoms with Crippen molar-refractivity contribution >= 4 is 11.9 Å². The van der Waals surface area contributed by atoms with Crippen LogP contribution in [0.5, 0.6) is 0 Å². The van der Waals surface area contributed by atoms with Gasteiger partial charge in [-0.15, -0.1) is 0 Å². The molecule has 4 heteroatoms. The van der Waals surface area contributed by atoms with Gasteiger partial charge < -0.3 is 10.2 Å². The monoisotopic (exact) mass is 226 g/mol. The molecule has 0 amide bonds. The summed E-state index contributed by atoms with van der Waals surface area (Å²) in [6.45, 7) is 3.56. The van der Waals surface area contributed by atoms with E-state index in [2.05, 4.69) is 6.92 Å². The number of rotatable bonds is 7. The van der Waals surface area contributed by atoms with Crippen molar-refractivity contribution in [3.05, 3.63) is 23.3 Å². The fourth-order valence-corrected chi connectivity index (χ4v) is 1.32. The fourth-order valence-electron chi connectivity index (χ4n) is 1.32. The lowest BCUT2D eigenvalue weighted by Crippen LogP contribution is -2.04. The van der Waals surface area contributed by atoms with E-state index in [0.29, 0.717) is 6.42 Å². The van der Waals surface area contributed by atoms with Crippen LogP contribution in [-0.4, -0.2) is 22.2 Å². The summed E-state index contributed by atoms with van der Waals surface area (Å²) in [5.74, 6) is -2.20. The summed E-state index contributed by atoms with van der Waals surface area (Å²) in [4.78, 5) is 21.3. The average molecular weight is 226 g/mol. The second-order valence-corrected chi connectivity index (χ2v) is 3.58. The number of aliphatic carboxylic acids is 2. The normalized spacial score (nSPS) is 12.6. The van der Waals surface area contributed by atoms with Crippen LogP contribution in [0.25, 0.3) is 0 Å². The zero-order chi connectivity index (χ0) is 12.6. The average Bonchev–Trinajstić information content (AvgIpc) is 2.15. The molecule has 90 valence electrons. The molecule has 0 saturated heterocycles. The quantitative estimate of drug-likeness (QED) is 0.397. The topological polar surface area (TPSA) is 74.6 Å². The van der Waals surface area contributed by atoms with E-state index in [1.54, 1.807) is 6.08 Å². The summed E-state index contributed by atoms with van der Waals surface area (Å²) in [7, 11) is 0. The zero-order valence-corrected chi connectivity index (χ0v) is 9.69. The first-order valence-electron chi connectivity index (χ1n) is 5.34. The molecule has 0 unspecified atom stereocenters. The highest BCUT2D eigenvalue weighted by Gasteiger charge is 2.09. The zero-order valence-electron chi connectivity index (χ0n) is 9.69. The molecule has 0 aliphatic heterocycles. The van der Waals surface area contributed by atoms with Crippen molar-refractivity contribution in [2.45, 2.75) is 39.5 Å². The number of unbranched alkanes of at least 4 members (excludes halogenated alkanes) is 3. The first kappa shape index (κ1) is 14.4. The molecule has 2 N–H and O–H groups in total. The molecule has 0 aromatic carbocycles. The highest BCUT2D eigenvalue weighted by Crippen LogP contribution is 2.12. The van der Waals surface area contributed by atoms with E-state index >= 15 is 0 Å². The van der Waals surface area contributed by atoms with Crippen LogP contribution >= 0.6 is 0 Å². The second-order valence-electron chi connectivity index (χ2n) is 3.58. The first-order chi connectivity index (χ1) is 7.49. The van der Waals surface area contributed by atoms with E-state index in [9.17, 15) is 9.59 Å². The number of allylic oxidation sites excluding steroid dienone is 1. The molecule has 0 spiro atoms. The van der Waals surface area contributed by atoms with Gasteiger partial charge in [0.25, 0.3) is 0 Å². The van der Waals surface area contributed by atoms with Crippen LogP contribution in [-0.2, 0) is 9.59 Å². The molecule has 0 atom stereocenters. The van der Waals surface area contributed by atoms with Gasteiger partial charge in [-0.2, -0.15) is 0 Å². The maximum absolute atomic E-state index is 10.9. The molecular weight excluding hydrogens is 208 g/mol. The van der Waals surface area contributed by atoms with Crippen LogP contribution in [0.1, 0.15) is 39.5 Å². The third kappa shape index (κ3) is 6.01. The molecule has 0 aliphatic rings. The molecule has 0 aromatic heterocycles. The third-order valence-corrected chi connectivity index (χ3v) is 2.15. The standard InChI is InChI=1S/C12H18O4/c1-3-4-5-6-7-10(12(15)16)9(2)8-11(13)14/h7-8H,3-6H2,1-2H3,(H,13,14)(H,15,16). The van der Waals surface area contributed by atoms with Gasteiger partial charge >= 0.3 is 11.9 Å². The molecular formula is C12H18O4. The second kappa shape index (κ2) is 7.68. The van der Waals surface area contributed by atoms with Crippen molar-refractivity contribution in [3.8, 4) is 0 Å². The SMILES string of the molecule is CCCCCC=C(C(=O)O)C(C)=CC(=O)O. The third-order valence-electron chi connectivity index (χ3n) is 2.15. The maximum atomic E-state index is 10.9. The first-order valence-corrected chi connectivity index (χ1v) is 5.34. The fraction of sp³-hybridized carbons (Fsp3) is 0.500. The van der Waals surface area contributed by atoms with E-state index < -0.39 is 11.9 Å². The minimum atomic E-state index is -1.13. The van der Waals surface area contributed by atoms with Gasteiger partial charge in [0.05, 0.1) is 5.57 Å². The number of carboxylic acids is 2. The van der Waals surface area contributed by atoms with Crippen molar-refractivity contribution in [2.75, 3.05) is 0 Å². The van der Waals surface area contributed by atoms with E-state index in [-0.39, 0.29) is 11.1 Å². The highest BCUT2D eigenvalue weighted by molar-refractivity contribution is 5.94. The van der Waals surface area contributed by atoms with E-state index in [0.717, 1.165) is 25.3 Å². The molecule has 4 nitrogen and oxygen atoms in total. The Morgan fingerprint density at radius 2 is 1.81 bits per heavy atom. The van der Waals surface area contributed by atoms with Gasteiger partial charge in [-0.25, -0.2) is 9.59 Å². The van der Waals surface area contributed by atoms with Crippen molar-refractivity contribution in [2.24, 2.45) is 0 Å². The van der Waals surface area contributed by atoms with Gasteiger partial charge in [-0.05, 0) is 25.3 Å². The van der Waals surface area contributed by atoms with Crippen LogP contribution in [0.2, 0.25) is 0 Å². The highest BCUT2D eigenvalue weighted by atomic mass is 16.4. The summed E-state index contributed by atoms with van der Waals surface area (Å²) in [5, 5.41) is 17.4. The van der Waals surface area contributed by atoms with Gasteiger partial charge in [0.2, 0.25) is 0 Å². The minimum Gasteiger partial charge on any atom is -0.478 e. The summed E-state index contributed by atoms with van der Waals surface area (Å²) in [6, 6.07) is 0. The smallest absolute Gasteiger partial charge is 0.335 e. The predicted octanol–water partition coefficient (Wildman–Crippen LogP) is 2.61. The number of carboxylic acid groups (broad SMARTS) is 2. The van der Waals surface area contributed by atoms with Crippen molar-refractivity contribution in [1.29, 1.82) is 0 Å². The number of hydrogen-bond acceptors (Lipinski definition) is 2. The maximum Gasteiger partial charge on any atom is 0.335 e. The van der Waals surface area contributed by atoms with Crippen molar-refractivity contribution in [3.63, 3.8) is 0 Å². The van der Waals surface area contributed by atoms with Gasteiger partial charge in [0.1, 0.15) is 0 Å². The lowest BCUT2D eigenvalue weighted by molar-refractivity contribution is -0.132. The van der Waals surface area contributed by atoms with Crippen molar-refractivity contribution in [1.82, 2.24) is 0 Å². The largest absolute Gasteiger partial charge is 0.478 e. The van der Waals surface area contributed by atoms with E-state index in [1.807, 2.05) is 0 Å². The molecule has 0 heterocycles. The van der Waals surface area contributed by atoms with Gasteiger partial charge in [-0.1, -0.05) is 25.8 Å². The Hall–Kier alpha value is -1.58. The van der Waals surface area contributed by atoms with Crippen LogP contribution < -0.4 is 0 Å². The van der Waals surface area contributed by atoms with Crippen LogP contribution in [0.4, 0.5) is 0 Å². The van der Waals surface area contributed by atoms with Gasteiger partial charge in [0.15, 0.2) is 0 Å². The van der Waals surface area contributed by atoms with Crippen LogP contribution in [0, 0.1) is 0 Å². The Morgan fingerprint density at radius 3 is 2.25 bits per heavy atom. The Balaban J connectivity index is 4.61. The Labute approximate surface area is 95.3 Å².